The van der Waals surface area contributed by atoms with Gasteiger partial charge in [0.1, 0.15) is 0 Å². The number of carbonyl (C=O) groups is 2. The number of hydrogen-bond acceptors (Lipinski definition) is 6. The molecule has 7 nitrogen and oxygen atoms in total. The van der Waals surface area contributed by atoms with Gasteiger partial charge in [0.15, 0.2) is 0 Å². The zero-order valence-corrected chi connectivity index (χ0v) is 17.5. The number of thiazole rings is 1. The van der Waals surface area contributed by atoms with E-state index < -0.39 is 18.1 Å². The third-order valence-corrected chi connectivity index (χ3v) is 5.40. The van der Waals surface area contributed by atoms with Crippen molar-refractivity contribution in [2.24, 2.45) is 0 Å². The van der Waals surface area contributed by atoms with Crippen LogP contribution in [0.5, 0.6) is 0 Å². The van der Waals surface area contributed by atoms with Crippen LogP contribution in [0.4, 0.5) is 13.2 Å². The lowest BCUT2D eigenvalue weighted by molar-refractivity contribution is -0.192. The minimum absolute atomic E-state index is 0.388. The van der Waals surface area contributed by atoms with Crippen molar-refractivity contribution < 1.29 is 33.1 Å². The molecule has 0 aliphatic rings. The van der Waals surface area contributed by atoms with Gasteiger partial charge < -0.3 is 5.11 Å². The number of nitrogens with zero attached hydrogens (tertiary/aromatic N) is 2. The van der Waals surface area contributed by atoms with Crippen molar-refractivity contribution in [3.8, 4) is 11.1 Å². The molecule has 0 aliphatic carbocycles. The van der Waals surface area contributed by atoms with E-state index in [1.54, 1.807) is 41.3 Å². The maximum absolute atomic E-state index is 11.5. The van der Waals surface area contributed by atoms with E-state index in [1.165, 1.54) is 5.56 Å². The molecule has 0 radical (unpaired) electrons. The Morgan fingerprint density at radius 1 is 0.970 bits per heavy atom. The second-order valence-electron chi connectivity index (χ2n) is 6.64. The zero-order chi connectivity index (χ0) is 24.0. The predicted octanol–water partition coefficient (Wildman–Crippen LogP) is 4.70. The maximum Gasteiger partial charge on any atom is 0.490 e. The molecule has 2 heterocycles. The van der Waals surface area contributed by atoms with Crippen LogP contribution in [0, 0.1) is 0 Å². The van der Waals surface area contributed by atoms with Gasteiger partial charge >= 0.3 is 12.1 Å². The van der Waals surface area contributed by atoms with Crippen molar-refractivity contribution in [3.63, 3.8) is 0 Å². The summed E-state index contributed by atoms with van der Waals surface area (Å²) in [5.41, 5.74) is 6.26. The van der Waals surface area contributed by atoms with Crippen molar-refractivity contribution >= 4 is 33.4 Å². The summed E-state index contributed by atoms with van der Waals surface area (Å²) in [6, 6.07) is 17.6. The van der Waals surface area contributed by atoms with E-state index in [0.717, 1.165) is 32.8 Å². The number of nitrogens with one attached hydrogen (secondary N) is 1. The average Bonchev–Trinajstić information content (AvgIpc) is 3.21. The highest BCUT2D eigenvalue weighted by Gasteiger charge is 2.38. The van der Waals surface area contributed by atoms with E-state index in [4.69, 9.17) is 15.1 Å². The number of hydrogen-bond donors (Lipinski definition) is 3. The lowest BCUT2D eigenvalue weighted by Crippen LogP contribution is -2.21. The topological polar surface area (TPSA) is 112 Å². The molecule has 2 aromatic heterocycles. The van der Waals surface area contributed by atoms with Gasteiger partial charge in [0.25, 0.3) is 5.91 Å². The first kappa shape index (κ1) is 23.8. The van der Waals surface area contributed by atoms with Crippen LogP contribution < -0.4 is 5.48 Å². The fraction of sp³-hybridized carbons (Fsp3) is 0.0909. The van der Waals surface area contributed by atoms with Crippen LogP contribution in [0.3, 0.4) is 0 Å². The van der Waals surface area contributed by atoms with Crippen LogP contribution in [0.25, 0.3) is 21.3 Å². The molecular weight excluding hydrogens is 459 g/mol. The number of carboxylic acids is 1. The van der Waals surface area contributed by atoms with E-state index in [-0.39, 0.29) is 0 Å². The van der Waals surface area contributed by atoms with Gasteiger partial charge in [0, 0.05) is 24.4 Å². The van der Waals surface area contributed by atoms with Gasteiger partial charge in [0.2, 0.25) is 0 Å². The molecule has 0 bridgehead atoms. The molecule has 0 spiro atoms. The van der Waals surface area contributed by atoms with Crippen molar-refractivity contribution in [1.82, 2.24) is 15.4 Å². The first-order valence-corrected chi connectivity index (χ1v) is 10.1. The molecule has 0 fully saturated rings. The highest BCUT2D eigenvalue weighted by molar-refractivity contribution is 7.18. The third kappa shape index (κ3) is 6.34. The molecule has 0 aliphatic heterocycles. The lowest BCUT2D eigenvalue weighted by atomic mass is 10.0. The quantitative estimate of drug-likeness (QED) is 0.291. The van der Waals surface area contributed by atoms with E-state index in [0.29, 0.717) is 5.56 Å². The largest absolute Gasteiger partial charge is 0.490 e. The van der Waals surface area contributed by atoms with E-state index in [2.05, 4.69) is 34.2 Å². The van der Waals surface area contributed by atoms with Gasteiger partial charge in [0.05, 0.1) is 15.2 Å². The molecule has 3 N–H and O–H groups in total. The summed E-state index contributed by atoms with van der Waals surface area (Å²) < 4.78 is 32.8. The number of pyridine rings is 1. The van der Waals surface area contributed by atoms with Crippen LogP contribution in [-0.2, 0) is 11.2 Å². The Balaban J connectivity index is 0.000000383. The summed E-state index contributed by atoms with van der Waals surface area (Å²) in [5, 5.41) is 16.9. The first-order valence-electron chi connectivity index (χ1n) is 9.30. The monoisotopic (exact) mass is 475 g/mol. The summed E-state index contributed by atoms with van der Waals surface area (Å²) in [6.07, 6.45) is -0.775. The van der Waals surface area contributed by atoms with Gasteiger partial charge in [-0.25, -0.2) is 15.3 Å². The Bertz CT molecular complexity index is 1260. The van der Waals surface area contributed by atoms with Crippen LogP contribution in [0.1, 0.15) is 20.9 Å². The molecule has 0 unspecified atom stereocenters. The molecule has 1 amide bonds. The molecule has 0 atom stereocenters. The van der Waals surface area contributed by atoms with Crippen molar-refractivity contribution in [1.29, 1.82) is 0 Å². The summed E-state index contributed by atoms with van der Waals surface area (Å²) in [6.45, 7) is 0. The van der Waals surface area contributed by atoms with Crippen LogP contribution >= 0.6 is 11.3 Å². The molecule has 2 aromatic carbocycles. The van der Waals surface area contributed by atoms with Crippen LogP contribution in [0.2, 0.25) is 0 Å². The molecule has 0 saturated heterocycles. The number of aliphatic carboxylic acids is 1. The molecule has 11 heteroatoms. The second-order valence-corrected chi connectivity index (χ2v) is 7.76. The van der Waals surface area contributed by atoms with Gasteiger partial charge in [-0.3, -0.25) is 15.0 Å². The molecule has 33 heavy (non-hydrogen) atoms. The number of carbonyl (C=O) groups excluding carboxylic acids is 1. The molecule has 4 rings (SSSR count). The lowest BCUT2D eigenvalue weighted by Gasteiger charge is -2.03. The van der Waals surface area contributed by atoms with Crippen molar-refractivity contribution in [2.75, 3.05) is 0 Å². The van der Waals surface area contributed by atoms with Crippen molar-refractivity contribution in [2.45, 2.75) is 12.6 Å². The van der Waals surface area contributed by atoms with Gasteiger partial charge in [-0.15, -0.1) is 11.3 Å². The minimum atomic E-state index is -5.08. The number of rotatable bonds is 4. The predicted molar refractivity (Wildman–Crippen MR) is 115 cm³/mol. The Morgan fingerprint density at radius 2 is 1.58 bits per heavy atom. The van der Waals surface area contributed by atoms with Crippen molar-refractivity contribution in [3.05, 3.63) is 83.1 Å². The number of fused-ring (bicyclic) bond motifs is 1. The maximum atomic E-state index is 11.5. The van der Waals surface area contributed by atoms with E-state index >= 15 is 0 Å². The number of aromatic nitrogens is 2. The van der Waals surface area contributed by atoms with E-state index in [1.807, 2.05) is 18.2 Å². The standard InChI is InChI=1S/C20H15N3O2S.C2HF3O2/c24-20(23-25)16-5-6-18-17(12-16)22-19(26-18)11-13-1-3-14(4-2-13)15-7-9-21-10-8-15;3-2(4,5)1(6)7/h1-10,12,25H,11H2,(H,23,24);(H,6,7). The zero-order valence-electron chi connectivity index (χ0n) is 16.7. The number of carboxylic acid groups (broad SMARTS) is 1. The SMILES string of the molecule is O=C(NO)c1ccc2sc(Cc3ccc(-c4ccncc4)cc3)nc2c1.O=C(O)C(F)(F)F. The van der Waals surface area contributed by atoms with Gasteiger partial charge in [-0.05, 0) is 47.0 Å². The summed E-state index contributed by atoms with van der Waals surface area (Å²) >= 11 is 1.61. The summed E-state index contributed by atoms with van der Waals surface area (Å²) in [4.78, 5) is 29.1. The fourth-order valence-corrected chi connectivity index (χ4v) is 3.77. The average molecular weight is 475 g/mol. The number of halogens is 3. The molecule has 0 saturated carbocycles. The number of amides is 1. The van der Waals surface area contributed by atoms with Gasteiger partial charge in [-0.1, -0.05) is 24.3 Å². The smallest absolute Gasteiger partial charge is 0.475 e. The summed E-state index contributed by atoms with van der Waals surface area (Å²) in [5.74, 6) is -3.29. The normalized spacial score (nSPS) is 10.9. The molecule has 170 valence electrons. The van der Waals surface area contributed by atoms with Crippen LogP contribution in [-0.4, -0.2) is 38.3 Å². The molecule has 4 aromatic rings. The Kier molecular flexibility index (Phi) is 7.36. The molecular formula is C22H16F3N3O4S. The highest BCUT2D eigenvalue weighted by atomic mass is 32.1. The second kappa shape index (κ2) is 10.2. The first-order chi connectivity index (χ1) is 15.7. The number of hydroxylamine groups is 1. The Labute approximate surface area is 189 Å². The summed E-state index contributed by atoms with van der Waals surface area (Å²) in [7, 11) is 0. The van der Waals surface area contributed by atoms with Crippen LogP contribution in [0.15, 0.2) is 67.0 Å². The Hall–Kier alpha value is -3.83. The number of benzene rings is 2. The number of alkyl halides is 3. The van der Waals surface area contributed by atoms with Gasteiger partial charge in [-0.2, -0.15) is 13.2 Å². The van der Waals surface area contributed by atoms with E-state index in [9.17, 15) is 18.0 Å². The third-order valence-electron chi connectivity index (χ3n) is 4.36. The fourth-order valence-electron chi connectivity index (χ4n) is 2.79. The Morgan fingerprint density at radius 3 is 2.15 bits per heavy atom. The minimum Gasteiger partial charge on any atom is -0.475 e. The highest BCUT2D eigenvalue weighted by Crippen LogP contribution is 2.26.